The Morgan fingerprint density at radius 2 is 2.18 bits per heavy atom. The minimum absolute atomic E-state index is 0.162. The molecule has 0 saturated heterocycles. The topological polar surface area (TPSA) is 49.3 Å². The van der Waals surface area contributed by atoms with Crippen LogP contribution in [0, 0.1) is 11.8 Å². The van der Waals surface area contributed by atoms with Crippen LogP contribution in [-0.2, 0) is 4.79 Å². The van der Waals surface area contributed by atoms with E-state index >= 15 is 0 Å². The molecule has 0 aromatic carbocycles. The van der Waals surface area contributed by atoms with E-state index in [1.807, 2.05) is 0 Å². The van der Waals surface area contributed by atoms with E-state index < -0.39 is 0 Å². The Balaban J connectivity index is 2.40. The van der Waals surface area contributed by atoms with Crippen molar-refractivity contribution in [3.63, 3.8) is 0 Å². The predicted molar refractivity (Wildman–Crippen MR) is 69.7 cm³/mol. The zero-order valence-electron chi connectivity index (χ0n) is 11.2. The highest BCUT2D eigenvalue weighted by atomic mass is 16.3. The lowest BCUT2D eigenvalue weighted by Gasteiger charge is -2.22. The van der Waals surface area contributed by atoms with Crippen LogP contribution in [0.5, 0.6) is 0 Å². The van der Waals surface area contributed by atoms with Crippen LogP contribution in [0.2, 0.25) is 0 Å². The second-order valence-electron chi connectivity index (χ2n) is 5.24. The highest BCUT2D eigenvalue weighted by Crippen LogP contribution is 2.25. The molecular formula is C14H27NO2. The second-order valence-corrected chi connectivity index (χ2v) is 5.24. The molecule has 0 heterocycles. The van der Waals surface area contributed by atoms with Crippen molar-refractivity contribution in [3.05, 3.63) is 0 Å². The first-order valence-corrected chi connectivity index (χ1v) is 7.14. The van der Waals surface area contributed by atoms with Gasteiger partial charge in [0.15, 0.2) is 0 Å². The van der Waals surface area contributed by atoms with Crippen molar-refractivity contribution in [2.45, 2.75) is 64.8 Å². The molecule has 3 nitrogen and oxygen atoms in total. The fraction of sp³-hybridized carbons (Fsp3) is 0.929. The highest BCUT2D eigenvalue weighted by Gasteiger charge is 2.29. The maximum atomic E-state index is 12.1. The summed E-state index contributed by atoms with van der Waals surface area (Å²) in [7, 11) is 0. The number of hydrogen-bond donors (Lipinski definition) is 2. The number of nitrogens with one attached hydrogen (secondary N) is 1. The van der Waals surface area contributed by atoms with Crippen molar-refractivity contribution in [2.24, 2.45) is 11.8 Å². The molecule has 3 atom stereocenters. The summed E-state index contributed by atoms with van der Waals surface area (Å²) in [4.78, 5) is 12.1. The summed E-state index contributed by atoms with van der Waals surface area (Å²) in [6.45, 7) is 4.44. The van der Waals surface area contributed by atoms with E-state index in [4.69, 9.17) is 0 Å². The molecule has 100 valence electrons. The van der Waals surface area contributed by atoms with Gasteiger partial charge < -0.3 is 10.4 Å². The highest BCUT2D eigenvalue weighted by molar-refractivity contribution is 5.78. The van der Waals surface area contributed by atoms with E-state index in [9.17, 15) is 9.90 Å². The van der Waals surface area contributed by atoms with Crippen LogP contribution in [0.4, 0.5) is 0 Å². The summed E-state index contributed by atoms with van der Waals surface area (Å²) in [5.41, 5.74) is 0. The lowest BCUT2D eigenvalue weighted by molar-refractivity contribution is -0.126. The quantitative estimate of drug-likeness (QED) is 0.719. The van der Waals surface area contributed by atoms with Gasteiger partial charge >= 0.3 is 0 Å². The number of aliphatic hydroxyl groups is 1. The fourth-order valence-corrected chi connectivity index (χ4v) is 2.72. The summed E-state index contributed by atoms with van der Waals surface area (Å²) < 4.78 is 0. The van der Waals surface area contributed by atoms with Crippen LogP contribution in [-0.4, -0.2) is 23.7 Å². The minimum atomic E-state index is 0.162. The number of carbonyl (C=O) groups is 1. The molecule has 2 N–H and O–H groups in total. The molecule has 1 aliphatic carbocycles. The zero-order chi connectivity index (χ0) is 12.7. The average Bonchev–Trinajstić information content (AvgIpc) is 2.77. The van der Waals surface area contributed by atoms with E-state index in [2.05, 4.69) is 19.2 Å². The molecule has 1 amide bonds. The Morgan fingerprint density at radius 1 is 1.41 bits per heavy atom. The summed E-state index contributed by atoms with van der Waals surface area (Å²) in [6.07, 6.45) is 7.39. The maximum absolute atomic E-state index is 12.1. The van der Waals surface area contributed by atoms with Crippen LogP contribution in [0.25, 0.3) is 0 Å². The van der Waals surface area contributed by atoms with Crippen molar-refractivity contribution >= 4 is 5.91 Å². The predicted octanol–water partition coefficient (Wildman–Crippen LogP) is 2.48. The van der Waals surface area contributed by atoms with E-state index in [1.54, 1.807) is 0 Å². The molecule has 0 aromatic rings. The molecule has 0 aliphatic heterocycles. The third-order valence-electron chi connectivity index (χ3n) is 3.99. The lowest BCUT2D eigenvalue weighted by Crippen LogP contribution is -2.41. The average molecular weight is 241 g/mol. The van der Waals surface area contributed by atoms with Crippen molar-refractivity contribution in [2.75, 3.05) is 6.61 Å². The van der Waals surface area contributed by atoms with Crippen molar-refractivity contribution in [1.29, 1.82) is 0 Å². The van der Waals surface area contributed by atoms with Gasteiger partial charge in [0, 0.05) is 24.5 Å². The Bertz CT molecular complexity index is 230. The largest absolute Gasteiger partial charge is 0.396 e. The normalized spacial score (nSPS) is 25.8. The Labute approximate surface area is 105 Å². The van der Waals surface area contributed by atoms with Gasteiger partial charge in [-0.25, -0.2) is 0 Å². The van der Waals surface area contributed by atoms with Crippen LogP contribution in [0.1, 0.15) is 58.8 Å². The smallest absolute Gasteiger partial charge is 0.223 e. The molecule has 1 rings (SSSR count). The molecule has 1 aliphatic rings. The van der Waals surface area contributed by atoms with Gasteiger partial charge in [0.1, 0.15) is 0 Å². The first-order valence-electron chi connectivity index (χ1n) is 7.14. The minimum Gasteiger partial charge on any atom is -0.396 e. The molecule has 3 heteroatoms. The standard InChI is InChI=1S/C14H27NO2/c1-3-5-7-11(4-2)14(17)15-13-9-6-8-12(13)10-16/h11-13,16H,3-10H2,1-2H3,(H,15,17). The third kappa shape index (κ3) is 4.30. The van der Waals surface area contributed by atoms with Crippen molar-refractivity contribution in [1.82, 2.24) is 5.32 Å². The van der Waals surface area contributed by atoms with Gasteiger partial charge in [-0.15, -0.1) is 0 Å². The molecule has 0 spiro atoms. The Kier molecular flexibility index (Phi) is 6.56. The lowest BCUT2D eigenvalue weighted by atomic mass is 9.97. The third-order valence-corrected chi connectivity index (χ3v) is 3.99. The van der Waals surface area contributed by atoms with Crippen LogP contribution in [0.3, 0.4) is 0 Å². The second kappa shape index (κ2) is 7.70. The number of carbonyl (C=O) groups excluding carboxylic acids is 1. The molecule has 0 bridgehead atoms. The van der Waals surface area contributed by atoms with Crippen LogP contribution in [0.15, 0.2) is 0 Å². The summed E-state index contributed by atoms with van der Waals surface area (Å²) in [6, 6.07) is 0.211. The SMILES string of the molecule is CCCCC(CC)C(=O)NC1CCCC1CO. The van der Waals surface area contributed by atoms with E-state index in [0.29, 0.717) is 0 Å². The zero-order valence-corrected chi connectivity index (χ0v) is 11.2. The monoisotopic (exact) mass is 241 g/mol. The van der Waals surface area contributed by atoms with Gasteiger partial charge in [-0.3, -0.25) is 4.79 Å². The summed E-state index contributed by atoms with van der Waals surface area (Å²) in [5, 5.41) is 12.4. The Morgan fingerprint density at radius 3 is 2.76 bits per heavy atom. The van der Waals surface area contributed by atoms with E-state index in [1.165, 1.54) is 0 Å². The van der Waals surface area contributed by atoms with Crippen molar-refractivity contribution in [3.8, 4) is 0 Å². The van der Waals surface area contributed by atoms with Crippen LogP contribution >= 0.6 is 0 Å². The molecule has 3 unspecified atom stereocenters. The molecule has 1 saturated carbocycles. The van der Waals surface area contributed by atoms with Gasteiger partial charge in [0.05, 0.1) is 0 Å². The van der Waals surface area contributed by atoms with Gasteiger partial charge in [-0.2, -0.15) is 0 Å². The van der Waals surface area contributed by atoms with E-state index in [-0.39, 0.29) is 30.4 Å². The molecular weight excluding hydrogens is 214 g/mol. The number of aliphatic hydroxyl groups excluding tert-OH is 1. The number of hydrogen-bond acceptors (Lipinski definition) is 2. The summed E-state index contributed by atoms with van der Waals surface area (Å²) >= 11 is 0. The molecule has 17 heavy (non-hydrogen) atoms. The number of unbranched alkanes of at least 4 members (excludes halogenated alkanes) is 1. The number of rotatable bonds is 7. The first-order chi connectivity index (χ1) is 8.22. The molecule has 0 aromatic heterocycles. The van der Waals surface area contributed by atoms with Gasteiger partial charge in [-0.1, -0.05) is 33.1 Å². The van der Waals surface area contributed by atoms with Gasteiger partial charge in [0.25, 0.3) is 0 Å². The van der Waals surface area contributed by atoms with Gasteiger partial charge in [-0.05, 0) is 25.7 Å². The van der Waals surface area contributed by atoms with Crippen molar-refractivity contribution < 1.29 is 9.90 Å². The number of amides is 1. The van der Waals surface area contributed by atoms with E-state index in [0.717, 1.165) is 44.9 Å². The first kappa shape index (κ1) is 14.5. The Hall–Kier alpha value is -0.570. The molecule has 1 fully saturated rings. The molecule has 0 radical (unpaired) electrons. The van der Waals surface area contributed by atoms with Crippen LogP contribution < -0.4 is 5.32 Å². The van der Waals surface area contributed by atoms with Gasteiger partial charge in [0.2, 0.25) is 5.91 Å². The maximum Gasteiger partial charge on any atom is 0.223 e. The fourth-order valence-electron chi connectivity index (χ4n) is 2.72. The summed E-state index contributed by atoms with van der Waals surface area (Å²) in [5.74, 6) is 0.642.